The van der Waals surface area contributed by atoms with E-state index in [1.807, 2.05) is 54.6 Å². The molecule has 4 rings (SSSR count). The molecule has 0 radical (unpaired) electrons. The van der Waals surface area contributed by atoms with E-state index in [1.54, 1.807) is 0 Å². The minimum Gasteiger partial charge on any atom is -0.481 e. The normalized spacial score (nSPS) is 12.1. The molecule has 148 valence electrons. The second-order valence-electron chi connectivity index (χ2n) is 6.77. The molecule has 4 heteroatoms. The van der Waals surface area contributed by atoms with Crippen LogP contribution >= 0.6 is 0 Å². The summed E-state index contributed by atoms with van der Waals surface area (Å²) in [6.45, 7) is 1.65. The highest BCUT2D eigenvalue weighted by Gasteiger charge is 2.20. The van der Waals surface area contributed by atoms with Gasteiger partial charge in [0.05, 0.1) is 5.69 Å². The van der Waals surface area contributed by atoms with Crippen LogP contribution in [0.25, 0.3) is 11.1 Å². The number of para-hydroxylation sites is 2. The van der Waals surface area contributed by atoms with E-state index in [0.717, 1.165) is 39.6 Å². The Balaban J connectivity index is 1.56. The highest BCUT2D eigenvalue weighted by molar-refractivity contribution is 5.67. The third-order valence-corrected chi connectivity index (χ3v) is 4.82. The highest BCUT2D eigenvalue weighted by Crippen LogP contribution is 2.35. The topological polar surface area (TPSA) is 30.9 Å². The number of benzene rings is 3. The Hall–Kier alpha value is -4.02. The molecule has 30 heavy (non-hydrogen) atoms. The summed E-state index contributed by atoms with van der Waals surface area (Å²) in [5.41, 5.74) is 4.28. The zero-order valence-corrected chi connectivity index (χ0v) is 16.5. The van der Waals surface area contributed by atoms with Gasteiger partial charge in [0.25, 0.3) is 0 Å². The standard InChI is InChI=1S/C26H21NO3/c1-3-15-28-23-12-9-20(10-13-23)21-11-14-25-22(17-21)18-27(19-30-25)24-7-5-6-8-26(24)29-16-4-2/h1-2,5-14,17H,15-16,18-19H2. The van der Waals surface area contributed by atoms with Crippen molar-refractivity contribution in [2.75, 3.05) is 24.8 Å². The van der Waals surface area contributed by atoms with Gasteiger partial charge in [0, 0.05) is 12.1 Å². The van der Waals surface area contributed by atoms with Crippen LogP contribution in [0.5, 0.6) is 17.2 Å². The Labute approximate surface area is 177 Å². The van der Waals surface area contributed by atoms with Gasteiger partial charge < -0.3 is 19.1 Å². The summed E-state index contributed by atoms with van der Waals surface area (Å²) >= 11 is 0. The van der Waals surface area contributed by atoms with Gasteiger partial charge >= 0.3 is 0 Å². The lowest BCUT2D eigenvalue weighted by molar-refractivity contribution is 0.286. The number of ether oxygens (including phenoxy) is 3. The molecule has 0 spiro atoms. The Bertz CT molecular complexity index is 1110. The number of anilines is 1. The van der Waals surface area contributed by atoms with Crippen LogP contribution in [0.15, 0.2) is 66.7 Å². The van der Waals surface area contributed by atoms with Crippen molar-refractivity contribution >= 4 is 5.69 Å². The largest absolute Gasteiger partial charge is 0.481 e. The molecular weight excluding hydrogens is 374 g/mol. The molecular formula is C26H21NO3. The van der Waals surface area contributed by atoms with E-state index in [4.69, 9.17) is 27.1 Å². The van der Waals surface area contributed by atoms with E-state index in [1.165, 1.54) is 0 Å². The van der Waals surface area contributed by atoms with E-state index < -0.39 is 0 Å². The molecule has 0 fully saturated rings. The fourth-order valence-electron chi connectivity index (χ4n) is 3.41. The molecule has 0 saturated carbocycles. The minimum absolute atomic E-state index is 0.230. The minimum atomic E-state index is 0.230. The second-order valence-corrected chi connectivity index (χ2v) is 6.77. The summed E-state index contributed by atoms with van der Waals surface area (Å²) in [6.07, 6.45) is 10.6. The summed E-state index contributed by atoms with van der Waals surface area (Å²) in [5.74, 6) is 7.38. The fourth-order valence-corrected chi connectivity index (χ4v) is 3.41. The maximum Gasteiger partial charge on any atom is 0.161 e. The number of hydrogen-bond donors (Lipinski definition) is 0. The summed E-state index contributed by atoms with van der Waals surface area (Å²) in [4.78, 5) is 2.13. The number of hydrogen-bond acceptors (Lipinski definition) is 4. The molecule has 0 atom stereocenters. The van der Waals surface area contributed by atoms with Gasteiger partial charge in [-0.3, -0.25) is 0 Å². The van der Waals surface area contributed by atoms with Gasteiger partial charge in [-0.25, -0.2) is 0 Å². The first kappa shape index (κ1) is 19.3. The average molecular weight is 395 g/mol. The molecule has 1 heterocycles. The number of nitrogens with zero attached hydrogens (tertiary/aromatic N) is 1. The number of terminal acetylenes is 2. The zero-order valence-electron chi connectivity index (χ0n) is 16.5. The summed E-state index contributed by atoms with van der Waals surface area (Å²) < 4.78 is 17.1. The predicted molar refractivity (Wildman–Crippen MR) is 119 cm³/mol. The molecule has 3 aromatic rings. The van der Waals surface area contributed by atoms with Gasteiger partial charge in [-0.2, -0.15) is 0 Å². The maximum absolute atomic E-state index is 6.00. The Morgan fingerprint density at radius 2 is 1.60 bits per heavy atom. The van der Waals surface area contributed by atoms with Crippen molar-refractivity contribution in [2.45, 2.75) is 6.54 Å². The van der Waals surface area contributed by atoms with E-state index in [0.29, 0.717) is 13.3 Å². The van der Waals surface area contributed by atoms with E-state index in [2.05, 4.69) is 28.9 Å². The van der Waals surface area contributed by atoms with Gasteiger partial charge in [0.1, 0.15) is 30.5 Å². The molecule has 3 aromatic carbocycles. The van der Waals surface area contributed by atoms with Gasteiger partial charge in [-0.05, 0) is 47.5 Å². The number of rotatable bonds is 6. The maximum atomic E-state index is 6.00. The Morgan fingerprint density at radius 1 is 0.867 bits per heavy atom. The Kier molecular flexibility index (Phi) is 5.78. The predicted octanol–water partition coefficient (Wildman–Crippen LogP) is 4.73. The molecule has 1 aliphatic rings. The lowest BCUT2D eigenvalue weighted by Gasteiger charge is -2.32. The fraction of sp³-hybridized carbons (Fsp3) is 0.154. The van der Waals surface area contributed by atoms with Crippen LogP contribution in [0.4, 0.5) is 5.69 Å². The van der Waals surface area contributed by atoms with Crippen LogP contribution in [0.3, 0.4) is 0 Å². The average Bonchev–Trinajstić information content (AvgIpc) is 2.81. The van der Waals surface area contributed by atoms with E-state index in [-0.39, 0.29) is 13.2 Å². The van der Waals surface area contributed by atoms with Crippen molar-refractivity contribution in [1.82, 2.24) is 0 Å². The van der Waals surface area contributed by atoms with Crippen molar-refractivity contribution in [3.63, 3.8) is 0 Å². The van der Waals surface area contributed by atoms with E-state index >= 15 is 0 Å². The second kappa shape index (κ2) is 8.99. The first-order valence-corrected chi connectivity index (χ1v) is 9.61. The van der Waals surface area contributed by atoms with Crippen LogP contribution in [-0.2, 0) is 6.54 Å². The van der Waals surface area contributed by atoms with Crippen molar-refractivity contribution in [3.05, 3.63) is 72.3 Å². The van der Waals surface area contributed by atoms with E-state index in [9.17, 15) is 0 Å². The van der Waals surface area contributed by atoms with Crippen LogP contribution in [0, 0.1) is 24.7 Å². The SMILES string of the molecule is C#CCOc1ccc(-c2ccc3c(c2)CN(c2ccccc2OCC#C)CO3)cc1. The third-order valence-electron chi connectivity index (χ3n) is 4.82. The molecule has 0 unspecified atom stereocenters. The zero-order chi connectivity index (χ0) is 20.8. The van der Waals surface area contributed by atoms with Crippen LogP contribution < -0.4 is 19.1 Å². The lowest BCUT2D eigenvalue weighted by atomic mass is 10.0. The molecule has 1 aliphatic heterocycles. The Morgan fingerprint density at radius 3 is 2.40 bits per heavy atom. The first-order valence-electron chi connectivity index (χ1n) is 9.61. The summed E-state index contributed by atoms with van der Waals surface area (Å²) in [5, 5.41) is 0. The van der Waals surface area contributed by atoms with Crippen LogP contribution in [0.1, 0.15) is 5.56 Å². The van der Waals surface area contributed by atoms with Gasteiger partial charge in [0.2, 0.25) is 0 Å². The van der Waals surface area contributed by atoms with Crippen molar-refractivity contribution in [1.29, 1.82) is 0 Å². The quantitative estimate of drug-likeness (QED) is 0.565. The molecule has 0 N–H and O–H groups in total. The van der Waals surface area contributed by atoms with Gasteiger partial charge in [-0.15, -0.1) is 12.8 Å². The van der Waals surface area contributed by atoms with Crippen LogP contribution in [0.2, 0.25) is 0 Å². The van der Waals surface area contributed by atoms with Crippen molar-refractivity contribution in [2.24, 2.45) is 0 Å². The molecule has 0 amide bonds. The molecule has 0 saturated heterocycles. The van der Waals surface area contributed by atoms with Crippen molar-refractivity contribution < 1.29 is 14.2 Å². The third kappa shape index (κ3) is 4.19. The molecule has 0 aromatic heterocycles. The van der Waals surface area contributed by atoms with Gasteiger partial charge in [-0.1, -0.05) is 42.2 Å². The molecule has 0 aliphatic carbocycles. The smallest absolute Gasteiger partial charge is 0.161 e. The first-order chi connectivity index (χ1) is 14.8. The monoisotopic (exact) mass is 395 g/mol. The summed E-state index contributed by atoms with van der Waals surface area (Å²) in [6, 6.07) is 22.0. The molecule has 4 nitrogen and oxygen atoms in total. The number of fused-ring (bicyclic) bond motifs is 1. The van der Waals surface area contributed by atoms with Crippen molar-refractivity contribution in [3.8, 4) is 53.1 Å². The molecule has 0 bridgehead atoms. The summed E-state index contributed by atoms with van der Waals surface area (Å²) in [7, 11) is 0. The lowest BCUT2D eigenvalue weighted by Crippen LogP contribution is -2.32. The van der Waals surface area contributed by atoms with Gasteiger partial charge in [0.15, 0.2) is 6.73 Å². The van der Waals surface area contributed by atoms with Crippen LogP contribution in [-0.4, -0.2) is 19.9 Å². The highest BCUT2D eigenvalue weighted by atomic mass is 16.5.